The van der Waals surface area contributed by atoms with Crippen molar-refractivity contribution in [2.45, 2.75) is 52.5 Å². The van der Waals surface area contributed by atoms with Crippen LogP contribution < -0.4 is 0 Å². The molecule has 0 spiro atoms. The maximum Gasteiger partial charge on any atom is 0.0672 e. The highest BCUT2D eigenvalue weighted by molar-refractivity contribution is 5.00. The summed E-state index contributed by atoms with van der Waals surface area (Å²) in [7, 11) is 0. The Bertz CT molecular complexity index is 342. The first-order valence-corrected chi connectivity index (χ1v) is 7.70. The third-order valence-electron chi connectivity index (χ3n) is 5.25. The minimum absolute atomic E-state index is 0.191. The van der Waals surface area contributed by atoms with Gasteiger partial charge in [-0.05, 0) is 49.5 Å². The van der Waals surface area contributed by atoms with Gasteiger partial charge in [0.25, 0.3) is 0 Å². The normalized spacial score (nSPS) is 37.2. The lowest BCUT2D eigenvalue weighted by Gasteiger charge is -2.43. The first kappa shape index (κ1) is 14.8. The molecule has 19 heavy (non-hydrogen) atoms. The predicted molar refractivity (Wildman–Crippen MR) is 76.5 cm³/mol. The lowest BCUT2D eigenvalue weighted by molar-refractivity contribution is 0.0699. The third kappa shape index (κ3) is 3.30. The Balaban J connectivity index is 2.05. The molecule has 0 aromatic carbocycles. The van der Waals surface area contributed by atoms with E-state index >= 15 is 0 Å². The minimum atomic E-state index is 0.191. The molecule has 0 bridgehead atoms. The molecular weight excluding hydrogens is 236 g/mol. The van der Waals surface area contributed by atoms with Crippen molar-refractivity contribution in [1.29, 1.82) is 5.26 Å². The fourth-order valence-electron chi connectivity index (χ4n) is 3.80. The molecule has 1 heterocycles. The monoisotopic (exact) mass is 264 g/mol. The molecule has 1 N–H and O–H groups in total. The fraction of sp³-hybridized carbons (Fsp3) is 0.938. The number of rotatable bonds is 2. The zero-order valence-corrected chi connectivity index (χ0v) is 12.6. The maximum atomic E-state index is 9.41. The van der Waals surface area contributed by atoms with Gasteiger partial charge < -0.3 is 5.11 Å². The summed E-state index contributed by atoms with van der Waals surface area (Å²) in [6.07, 6.45) is 4.48. The number of hydrogen-bond acceptors (Lipinski definition) is 3. The van der Waals surface area contributed by atoms with Crippen LogP contribution in [0, 0.1) is 34.5 Å². The number of aliphatic hydroxyl groups is 1. The Morgan fingerprint density at radius 3 is 2.53 bits per heavy atom. The number of hydrogen-bond donors (Lipinski definition) is 1. The number of nitriles is 1. The van der Waals surface area contributed by atoms with Crippen LogP contribution in [0.25, 0.3) is 0 Å². The van der Waals surface area contributed by atoms with Crippen LogP contribution in [0.5, 0.6) is 0 Å². The second-order valence-corrected chi connectivity index (χ2v) is 7.51. The van der Waals surface area contributed by atoms with Crippen molar-refractivity contribution in [1.82, 2.24) is 4.90 Å². The van der Waals surface area contributed by atoms with Crippen molar-refractivity contribution >= 4 is 0 Å². The zero-order chi connectivity index (χ0) is 14.0. The molecule has 1 aliphatic heterocycles. The molecule has 3 heteroatoms. The summed E-state index contributed by atoms with van der Waals surface area (Å²) in [5.74, 6) is 1.33. The molecule has 0 radical (unpaired) electrons. The summed E-state index contributed by atoms with van der Waals surface area (Å²) in [6.45, 7) is 9.30. The second kappa shape index (κ2) is 5.81. The second-order valence-electron chi connectivity index (χ2n) is 7.51. The van der Waals surface area contributed by atoms with Gasteiger partial charge in [0.15, 0.2) is 0 Å². The zero-order valence-electron chi connectivity index (χ0n) is 12.6. The Morgan fingerprint density at radius 2 is 2.00 bits per heavy atom. The largest absolute Gasteiger partial charge is 0.396 e. The molecule has 0 aromatic heterocycles. The van der Waals surface area contributed by atoms with E-state index in [1.165, 1.54) is 6.42 Å². The summed E-state index contributed by atoms with van der Waals surface area (Å²) in [5.41, 5.74) is 0.342. The molecule has 2 rings (SSSR count). The van der Waals surface area contributed by atoms with E-state index in [4.69, 9.17) is 0 Å². The van der Waals surface area contributed by atoms with Gasteiger partial charge in [0, 0.05) is 19.2 Å². The average Bonchev–Trinajstić information content (AvgIpc) is 2.85. The molecule has 4 atom stereocenters. The van der Waals surface area contributed by atoms with Crippen molar-refractivity contribution in [3.63, 3.8) is 0 Å². The van der Waals surface area contributed by atoms with E-state index < -0.39 is 0 Å². The molecule has 0 aromatic rings. The summed E-state index contributed by atoms with van der Waals surface area (Å²) in [4.78, 5) is 2.48. The van der Waals surface area contributed by atoms with E-state index in [2.05, 4.69) is 31.7 Å². The minimum Gasteiger partial charge on any atom is -0.396 e. The standard InChI is InChI=1S/C16H28N2O/c1-16(2,3)14-5-4-13(9-17)15(8-14)18-7-6-12(10-18)11-19/h12-15,19H,4-8,10-11H2,1-3H3. The first-order valence-electron chi connectivity index (χ1n) is 7.70. The molecule has 3 nitrogen and oxygen atoms in total. The molecule has 108 valence electrons. The highest BCUT2D eigenvalue weighted by Gasteiger charge is 2.40. The van der Waals surface area contributed by atoms with Crippen molar-refractivity contribution in [3.05, 3.63) is 0 Å². The van der Waals surface area contributed by atoms with Crippen molar-refractivity contribution in [2.24, 2.45) is 23.2 Å². The van der Waals surface area contributed by atoms with Gasteiger partial charge in [-0.15, -0.1) is 0 Å². The lowest BCUT2D eigenvalue weighted by atomic mass is 9.68. The summed E-state index contributed by atoms with van der Waals surface area (Å²) >= 11 is 0. The van der Waals surface area contributed by atoms with Crippen LogP contribution in [0.15, 0.2) is 0 Å². The van der Waals surface area contributed by atoms with Crippen LogP contribution in [-0.4, -0.2) is 35.7 Å². The number of likely N-dealkylation sites (tertiary alicyclic amines) is 1. The van der Waals surface area contributed by atoms with Gasteiger partial charge in [-0.1, -0.05) is 20.8 Å². The lowest BCUT2D eigenvalue weighted by Crippen LogP contribution is -2.45. The van der Waals surface area contributed by atoms with Crippen molar-refractivity contribution in [2.75, 3.05) is 19.7 Å². The van der Waals surface area contributed by atoms with Gasteiger partial charge in [-0.2, -0.15) is 5.26 Å². The van der Waals surface area contributed by atoms with Gasteiger partial charge in [-0.3, -0.25) is 4.90 Å². The van der Waals surface area contributed by atoms with Gasteiger partial charge in [0.1, 0.15) is 0 Å². The fourth-order valence-corrected chi connectivity index (χ4v) is 3.80. The molecule has 4 unspecified atom stereocenters. The van der Waals surface area contributed by atoms with Gasteiger partial charge >= 0.3 is 0 Å². The first-order chi connectivity index (χ1) is 8.95. The van der Waals surface area contributed by atoms with Crippen molar-refractivity contribution < 1.29 is 5.11 Å². The van der Waals surface area contributed by atoms with E-state index in [1.807, 2.05) is 0 Å². The summed E-state index contributed by atoms with van der Waals surface area (Å²) in [6, 6.07) is 2.95. The van der Waals surface area contributed by atoms with E-state index in [-0.39, 0.29) is 5.92 Å². The van der Waals surface area contributed by atoms with E-state index in [0.29, 0.717) is 24.0 Å². The van der Waals surface area contributed by atoms with E-state index in [0.717, 1.165) is 38.3 Å². The quantitative estimate of drug-likeness (QED) is 0.834. The van der Waals surface area contributed by atoms with Gasteiger partial charge in [0.05, 0.1) is 12.0 Å². The van der Waals surface area contributed by atoms with Crippen LogP contribution in [0.3, 0.4) is 0 Å². The van der Waals surface area contributed by atoms with Crippen molar-refractivity contribution in [3.8, 4) is 6.07 Å². The van der Waals surface area contributed by atoms with Gasteiger partial charge in [0.2, 0.25) is 0 Å². The molecular formula is C16H28N2O. The van der Waals surface area contributed by atoms with Crippen LogP contribution in [0.2, 0.25) is 0 Å². The highest BCUT2D eigenvalue weighted by Crippen LogP contribution is 2.42. The van der Waals surface area contributed by atoms with Gasteiger partial charge in [-0.25, -0.2) is 0 Å². The Labute approximate surface area is 117 Å². The SMILES string of the molecule is CC(C)(C)C1CCC(C#N)C(N2CCC(CO)C2)C1. The third-order valence-corrected chi connectivity index (χ3v) is 5.25. The van der Waals surface area contributed by atoms with Crippen LogP contribution >= 0.6 is 0 Å². The molecule has 1 aliphatic carbocycles. The Morgan fingerprint density at radius 1 is 1.26 bits per heavy atom. The average molecular weight is 264 g/mol. The smallest absolute Gasteiger partial charge is 0.0672 e. The Hall–Kier alpha value is -0.590. The summed E-state index contributed by atoms with van der Waals surface area (Å²) in [5, 5.41) is 18.7. The highest BCUT2D eigenvalue weighted by atomic mass is 16.3. The van der Waals surface area contributed by atoms with Crippen LogP contribution in [0.1, 0.15) is 46.5 Å². The summed E-state index contributed by atoms with van der Waals surface area (Å²) < 4.78 is 0. The molecule has 2 aliphatic rings. The van der Waals surface area contributed by atoms with Crippen LogP contribution in [0.4, 0.5) is 0 Å². The van der Waals surface area contributed by atoms with E-state index in [1.54, 1.807) is 0 Å². The molecule has 0 amide bonds. The molecule has 2 fully saturated rings. The molecule has 1 saturated heterocycles. The topological polar surface area (TPSA) is 47.3 Å². The molecule has 1 saturated carbocycles. The Kier molecular flexibility index (Phi) is 4.53. The number of aliphatic hydroxyl groups excluding tert-OH is 1. The predicted octanol–water partition coefficient (Wildman–Crippen LogP) is 2.66. The van der Waals surface area contributed by atoms with Crippen LogP contribution in [-0.2, 0) is 0 Å². The van der Waals surface area contributed by atoms with E-state index in [9.17, 15) is 10.4 Å². The number of nitrogens with zero attached hydrogens (tertiary/aromatic N) is 2. The maximum absolute atomic E-state index is 9.41.